The van der Waals surface area contributed by atoms with Crippen LogP contribution in [-0.2, 0) is 15.0 Å². The Bertz CT molecular complexity index is 858. The highest BCUT2D eigenvalue weighted by molar-refractivity contribution is 7.91. The number of carbonyl (C=O) groups is 1. The van der Waals surface area contributed by atoms with Crippen molar-refractivity contribution in [1.82, 2.24) is 4.90 Å². The van der Waals surface area contributed by atoms with E-state index in [9.17, 15) is 13.2 Å². The molecule has 142 valence electrons. The fourth-order valence-corrected chi connectivity index (χ4v) is 4.07. The number of amidine groups is 1. The molecule has 3 N–H and O–H groups in total. The fourth-order valence-electron chi connectivity index (χ4n) is 3.23. The van der Waals surface area contributed by atoms with E-state index < -0.39 is 15.6 Å². The molecular weight excluding hydrogens is 356 g/mol. The van der Waals surface area contributed by atoms with Crippen LogP contribution in [0.15, 0.2) is 22.6 Å². The van der Waals surface area contributed by atoms with Crippen molar-refractivity contribution >= 4 is 27.6 Å². The minimum absolute atomic E-state index is 0.0176. The number of amides is 1. The third kappa shape index (κ3) is 3.62. The standard InChI is InChI=1S/C17H24N4O4S/c1-17(2,3)16(22)21-9-5-6-11(21)10-25-13-8-4-7-12-14(13)15(18)20-26(23,24)19-12/h4,7-8,11,19H,5-6,9-10H2,1-3H3,(H2,18,20). The molecule has 0 saturated carbocycles. The van der Waals surface area contributed by atoms with E-state index in [1.54, 1.807) is 18.2 Å². The molecule has 0 bridgehead atoms. The molecular formula is C17H24N4O4S. The first-order valence-electron chi connectivity index (χ1n) is 8.54. The second-order valence-corrected chi connectivity index (χ2v) is 8.92. The number of nitrogens with one attached hydrogen (secondary N) is 1. The number of hydrogen-bond donors (Lipinski definition) is 2. The summed E-state index contributed by atoms with van der Waals surface area (Å²) in [6.45, 7) is 6.76. The minimum atomic E-state index is -3.82. The highest BCUT2D eigenvalue weighted by Crippen LogP contribution is 2.31. The normalized spacial score (nSPS) is 21.6. The summed E-state index contributed by atoms with van der Waals surface area (Å²) in [7, 11) is -3.82. The van der Waals surface area contributed by atoms with Gasteiger partial charge in [-0.3, -0.25) is 9.52 Å². The van der Waals surface area contributed by atoms with Crippen LogP contribution in [0.2, 0.25) is 0 Å². The predicted octanol–water partition coefficient (Wildman–Crippen LogP) is 1.48. The molecule has 1 saturated heterocycles. The molecule has 2 heterocycles. The van der Waals surface area contributed by atoms with Gasteiger partial charge in [-0.2, -0.15) is 8.42 Å². The molecule has 1 atom stereocenters. The Morgan fingerprint density at radius 2 is 2.15 bits per heavy atom. The van der Waals surface area contributed by atoms with Crippen LogP contribution < -0.4 is 15.2 Å². The lowest BCUT2D eigenvalue weighted by atomic mass is 9.94. The first-order chi connectivity index (χ1) is 12.1. The Morgan fingerprint density at radius 3 is 2.85 bits per heavy atom. The van der Waals surface area contributed by atoms with Gasteiger partial charge < -0.3 is 15.4 Å². The van der Waals surface area contributed by atoms with Gasteiger partial charge in [0.1, 0.15) is 12.4 Å². The van der Waals surface area contributed by atoms with Gasteiger partial charge in [-0.1, -0.05) is 26.8 Å². The highest BCUT2D eigenvalue weighted by Gasteiger charge is 2.35. The number of nitrogens with two attached hydrogens (primary N) is 1. The van der Waals surface area contributed by atoms with Crippen LogP contribution in [0.4, 0.5) is 5.69 Å². The van der Waals surface area contributed by atoms with E-state index in [4.69, 9.17) is 10.5 Å². The van der Waals surface area contributed by atoms with Gasteiger partial charge in [0, 0.05) is 12.0 Å². The van der Waals surface area contributed by atoms with Crippen LogP contribution >= 0.6 is 0 Å². The summed E-state index contributed by atoms with van der Waals surface area (Å²) < 4.78 is 35.1. The Kier molecular flexibility index (Phi) is 4.60. The van der Waals surface area contributed by atoms with Gasteiger partial charge in [-0.05, 0) is 25.0 Å². The van der Waals surface area contributed by atoms with Gasteiger partial charge >= 0.3 is 10.2 Å². The fraction of sp³-hybridized carbons (Fsp3) is 0.529. The molecule has 9 heteroatoms. The molecule has 1 unspecified atom stereocenters. The quantitative estimate of drug-likeness (QED) is 0.824. The van der Waals surface area contributed by atoms with Crippen LogP contribution in [0.3, 0.4) is 0 Å². The Morgan fingerprint density at radius 1 is 1.42 bits per heavy atom. The Labute approximate surface area is 153 Å². The third-order valence-corrected chi connectivity index (χ3v) is 5.37. The second-order valence-electron chi connectivity index (χ2n) is 7.59. The average molecular weight is 380 g/mol. The zero-order valence-corrected chi connectivity index (χ0v) is 16.0. The van der Waals surface area contributed by atoms with Gasteiger partial charge in [0.15, 0.2) is 5.84 Å². The molecule has 0 spiro atoms. The van der Waals surface area contributed by atoms with Gasteiger partial charge in [0.25, 0.3) is 0 Å². The molecule has 1 aromatic rings. The summed E-state index contributed by atoms with van der Waals surface area (Å²) >= 11 is 0. The maximum Gasteiger partial charge on any atom is 0.344 e. The van der Waals surface area contributed by atoms with Crippen LogP contribution in [0, 0.1) is 5.41 Å². The van der Waals surface area contributed by atoms with Gasteiger partial charge in [0.05, 0.1) is 17.3 Å². The molecule has 1 aromatic carbocycles. The summed E-state index contributed by atoms with van der Waals surface area (Å²) in [5.74, 6) is 0.442. The van der Waals surface area contributed by atoms with E-state index in [2.05, 4.69) is 9.12 Å². The number of ether oxygens (including phenoxy) is 1. The summed E-state index contributed by atoms with van der Waals surface area (Å²) in [5, 5.41) is 0. The van der Waals surface area contributed by atoms with Crippen molar-refractivity contribution < 1.29 is 17.9 Å². The van der Waals surface area contributed by atoms with Crippen molar-refractivity contribution in [2.45, 2.75) is 39.7 Å². The van der Waals surface area contributed by atoms with Crippen molar-refractivity contribution in [2.75, 3.05) is 17.9 Å². The smallest absolute Gasteiger partial charge is 0.344 e. The van der Waals surface area contributed by atoms with E-state index in [0.29, 0.717) is 23.6 Å². The lowest BCUT2D eigenvalue weighted by Gasteiger charge is -2.31. The SMILES string of the molecule is CC(C)(C)C(=O)N1CCCC1COc1cccc2c1C(N)=NS(=O)(=O)N2. The van der Waals surface area contributed by atoms with Crippen molar-refractivity contribution in [3.05, 3.63) is 23.8 Å². The predicted molar refractivity (Wildman–Crippen MR) is 99.4 cm³/mol. The van der Waals surface area contributed by atoms with Crippen molar-refractivity contribution in [1.29, 1.82) is 0 Å². The summed E-state index contributed by atoms with van der Waals surface area (Å²) in [6, 6.07) is 4.98. The van der Waals surface area contributed by atoms with Crippen LogP contribution in [-0.4, -0.2) is 44.3 Å². The van der Waals surface area contributed by atoms with E-state index in [1.165, 1.54) is 0 Å². The molecule has 0 aliphatic carbocycles. The molecule has 0 aromatic heterocycles. The first kappa shape index (κ1) is 18.5. The summed E-state index contributed by atoms with van der Waals surface area (Å²) in [6.07, 6.45) is 1.80. The molecule has 1 amide bonds. The minimum Gasteiger partial charge on any atom is -0.491 e. The molecule has 8 nitrogen and oxygen atoms in total. The molecule has 2 aliphatic rings. The zero-order valence-electron chi connectivity index (χ0n) is 15.2. The number of rotatable bonds is 3. The molecule has 0 radical (unpaired) electrons. The number of benzene rings is 1. The number of likely N-dealkylation sites (tertiary alicyclic amines) is 1. The van der Waals surface area contributed by atoms with E-state index >= 15 is 0 Å². The van der Waals surface area contributed by atoms with E-state index in [1.807, 2.05) is 25.7 Å². The van der Waals surface area contributed by atoms with E-state index in [-0.39, 0.29) is 17.8 Å². The van der Waals surface area contributed by atoms with Crippen molar-refractivity contribution in [3.63, 3.8) is 0 Å². The van der Waals surface area contributed by atoms with Crippen LogP contribution in [0.25, 0.3) is 0 Å². The van der Waals surface area contributed by atoms with Crippen LogP contribution in [0.1, 0.15) is 39.2 Å². The summed E-state index contributed by atoms with van der Waals surface area (Å²) in [4.78, 5) is 14.5. The first-order valence-corrected chi connectivity index (χ1v) is 9.98. The molecule has 2 aliphatic heterocycles. The third-order valence-electron chi connectivity index (χ3n) is 4.45. The number of carbonyl (C=O) groups excluding carboxylic acids is 1. The molecule has 1 fully saturated rings. The number of anilines is 1. The maximum atomic E-state index is 12.6. The average Bonchev–Trinajstić information content (AvgIpc) is 2.97. The van der Waals surface area contributed by atoms with Gasteiger partial charge in [-0.15, -0.1) is 4.40 Å². The van der Waals surface area contributed by atoms with E-state index in [0.717, 1.165) is 19.4 Å². The zero-order chi connectivity index (χ0) is 19.1. The van der Waals surface area contributed by atoms with Gasteiger partial charge in [0.2, 0.25) is 5.91 Å². The van der Waals surface area contributed by atoms with Gasteiger partial charge in [-0.25, -0.2) is 0 Å². The number of fused-ring (bicyclic) bond motifs is 1. The topological polar surface area (TPSA) is 114 Å². The number of hydrogen-bond acceptors (Lipinski definition) is 5. The molecule has 26 heavy (non-hydrogen) atoms. The number of nitrogens with zero attached hydrogens (tertiary/aromatic N) is 2. The Hall–Kier alpha value is -2.29. The molecule has 3 rings (SSSR count). The Balaban J connectivity index is 1.78. The lowest BCUT2D eigenvalue weighted by molar-refractivity contribution is -0.140. The van der Waals surface area contributed by atoms with Crippen molar-refractivity contribution in [3.8, 4) is 5.75 Å². The largest absolute Gasteiger partial charge is 0.491 e. The monoisotopic (exact) mass is 380 g/mol. The highest BCUT2D eigenvalue weighted by atomic mass is 32.2. The van der Waals surface area contributed by atoms with Crippen LogP contribution in [0.5, 0.6) is 5.75 Å². The van der Waals surface area contributed by atoms with Crippen molar-refractivity contribution in [2.24, 2.45) is 15.5 Å². The maximum absolute atomic E-state index is 12.6. The second kappa shape index (κ2) is 6.46. The summed E-state index contributed by atoms with van der Waals surface area (Å²) in [5.41, 5.74) is 6.15. The lowest BCUT2D eigenvalue weighted by Crippen LogP contribution is -2.44.